The van der Waals surface area contributed by atoms with Gasteiger partial charge in [0, 0.05) is 0 Å². The third kappa shape index (κ3) is 5.32. The zero-order valence-corrected chi connectivity index (χ0v) is 14.5. The predicted octanol–water partition coefficient (Wildman–Crippen LogP) is 2.20. The van der Waals surface area contributed by atoms with Crippen molar-refractivity contribution in [1.29, 1.82) is 0 Å². The van der Waals surface area contributed by atoms with Gasteiger partial charge in [-0.2, -0.15) is 0 Å². The molecule has 2 rings (SSSR count). The van der Waals surface area contributed by atoms with Gasteiger partial charge in [-0.05, 0) is 29.8 Å². The van der Waals surface area contributed by atoms with E-state index in [9.17, 15) is 18.0 Å². The first-order chi connectivity index (χ1) is 11.8. The summed E-state index contributed by atoms with van der Waals surface area (Å²) in [6.45, 7) is -0.0725. The Bertz CT molecular complexity index is 892. The highest BCUT2D eigenvalue weighted by atomic mass is 32.2. The summed E-state index contributed by atoms with van der Waals surface area (Å²) in [5.41, 5.74) is 1.18. The normalized spacial score (nSPS) is 10.8. The molecular formula is C17H17NO6S. The van der Waals surface area contributed by atoms with E-state index in [1.807, 2.05) is 0 Å². The van der Waals surface area contributed by atoms with Gasteiger partial charge in [-0.15, -0.1) is 0 Å². The number of para-hydroxylation sites is 1. The molecule has 0 unspecified atom stereocenters. The van der Waals surface area contributed by atoms with Crippen molar-refractivity contribution in [3.63, 3.8) is 0 Å². The Morgan fingerprint density at radius 2 is 1.76 bits per heavy atom. The minimum Gasteiger partial charge on any atom is -0.465 e. The summed E-state index contributed by atoms with van der Waals surface area (Å²) in [4.78, 5) is 23.8. The summed E-state index contributed by atoms with van der Waals surface area (Å²) in [5, 5.41) is 0. The minimum absolute atomic E-state index is 0.0725. The van der Waals surface area contributed by atoms with E-state index in [0.717, 1.165) is 6.26 Å². The average molecular weight is 363 g/mol. The van der Waals surface area contributed by atoms with Gasteiger partial charge in [-0.25, -0.2) is 18.0 Å². The maximum absolute atomic E-state index is 12.3. The molecule has 0 aliphatic carbocycles. The Morgan fingerprint density at radius 3 is 2.44 bits per heavy atom. The number of rotatable bonds is 6. The van der Waals surface area contributed by atoms with Gasteiger partial charge >= 0.3 is 11.9 Å². The number of ether oxygens (including phenoxy) is 2. The molecular weight excluding hydrogens is 346 g/mol. The molecule has 0 aliphatic heterocycles. The highest BCUT2D eigenvalue weighted by molar-refractivity contribution is 7.92. The fourth-order valence-corrected chi connectivity index (χ4v) is 2.66. The van der Waals surface area contributed by atoms with Crippen LogP contribution >= 0.6 is 0 Å². The lowest BCUT2D eigenvalue weighted by Gasteiger charge is -2.11. The molecule has 25 heavy (non-hydrogen) atoms. The van der Waals surface area contributed by atoms with E-state index in [2.05, 4.69) is 9.46 Å². The van der Waals surface area contributed by atoms with Crippen LogP contribution in [0.15, 0.2) is 48.5 Å². The number of sulfonamides is 1. The molecule has 0 atom stereocenters. The van der Waals surface area contributed by atoms with Crippen LogP contribution in [0.5, 0.6) is 0 Å². The lowest BCUT2D eigenvalue weighted by molar-refractivity contribution is 0.0474. The smallest absolute Gasteiger partial charge is 0.340 e. The standard InChI is InChI=1S/C17H17NO6S/c1-23-16(19)13-7-5-6-12(10-13)11-24-17(20)14-8-3-4-9-15(14)18-25(2,21)22/h3-10,18H,11H2,1-2H3. The van der Waals surface area contributed by atoms with Gasteiger partial charge in [0.2, 0.25) is 10.0 Å². The van der Waals surface area contributed by atoms with E-state index in [1.165, 1.54) is 19.2 Å². The molecule has 0 fully saturated rings. The van der Waals surface area contributed by atoms with Crippen molar-refractivity contribution in [2.24, 2.45) is 0 Å². The third-order valence-electron chi connectivity index (χ3n) is 3.16. The first kappa shape index (κ1) is 18.5. The number of carbonyl (C=O) groups excluding carboxylic acids is 2. The largest absolute Gasteiger partial charge is 0.465 e. The number of hydrogen-bond donors (Lipinski definition) is 1. The highest BCUT2D eigenvalue weighted by Gasteiger charge is 2.15. The van der Waals surface area contributed by atoms with Crippen LogP contribution in [0, 0.1) is 0 Å². The highest BCUT2D eigenvalue weighted by Crippen LogP contribution is 2.18. The quantitative estimate of drug-likeness (QED) is 0.790. The lowest BCUT2D eigenvalue weighted by atomic mass is 10.1. The molecule has 0 saturated carbocycles. The number of methoxy groups -OCH3 is 1. The van der Waals surface area contributed by atoms with Gasteiger partial charge in [0.25, 0.3) is 0 Å². The Hall–Kier alpha value is -2.87. The van der Waals surface area contributed by atoms with Crippen molar-refractivity contribution in [2.75, 3.05) is 18.1 Å². The Labute approximate surface area is 145 Å². The van der Waals surface area contributed by atoms with E-state index < -0.39 is 22.0 Å². The van der Waals surface area contributed by atoms with Crippen LogP contribution in [-0.2, 0) is 26.1 Å². The number of anilines is 1. The minimum atomic E-state index is -3.53. The van der Waals surface area contributed by atoms with E-state index in [1.54, 1.807) is 36.4 Å². The van der Waals surface area contributed by atoms with E-state index >= 15 is 0 Å². The maximum Gasteiger partial charge on any atom is 0.340 e. The molecule has 0 aromatic heterocycles. The van der Waals surface area contributed by atoms with Crippen LogP contribution < -0.4 is 4.72 Å². The SMILES string of the molecule is COC(=O)c1cccc(COC(=O)c2ccccc2NS(C)(=O)=O)c1. The van der Waals surface area contributed by atoms with Gasteiger partial charge in [-0.3, -0.25) is 4.72 Å². The fourth-order valence-electron chi connectivity index (χ4n) is 2.08. The number of nitrogens with one attached hydrogen (secondary N) is 1. The molecule has 8 heteroatoms. The van der Waals surface area contributed by atoms with Crippen LogP contribution in [0.1, 0.15) is 26.3 Å². The second-order valence-electron chi connectivity index (χ2n) is 5.19. The lowest BCUT2D eigenvalue weighted by Crippen LogP contribution is -2.14. The van der Waals surface area contributed by atoms with Crippen LogP contribution in [0.3, 0.4) is 0 Å². The molecule has 2 aromatic rings. The summed E-state index contributed by atoms with van der Waals surface area (Å²) < 4.78 is 34.9. The fraction of sp³-hybridized carbons (Fsp3) is 0.176. The number of benzene rings is 2. The summed E-state index contributed by atoms with van der Waals surface area (Å²) in [6, 6.07) is 12.6. The van der Waals surface area contributed by atoms with Crippen molar-refractivity contribution in [3.05, 3.63) is 65.2 Å². The molecule has 0 bridgehead atoms. The second kappa shape index (κ2) is 7.80. The molecule has 1 N–H and O–H groups in total. The Morgan fingerprint density at radius 1 is 1.04 bits per heavy atom. The summed E-state index contributed by atoms with van der Waals surface area (Å²) in [5.74, 6) is -1.17. The second-order valence-corrected chi connectivity index (χ2v) is 6.94. The number of carbonyl (C=O) groups is 2. The monoisotopic (exact) mass is 363 g/mol. The zero-order valence-electron chi connectivity index (χ0n) is 13.7. The van der Waals surface area contributed by atoms with E-state index in [4.69, 9.17) is 4.74 Å². The predicted molar refractivity (Wildman–Crippen MR) is 91.8 cm³/mol. The van der Waals surface area contributed by atoms with Gasteiger partial charge in [0.1, 0.15) is 6.61 Å². The van der Waals surface area contributed by atoms with E-state index in [0.29, 0.717) is 11.1 Å². The molecule has 7 nitrogen and oxygen atoms in total. The van der Waals surface area contributed by atoms with Gasteiger partial charge in [-0.1, -0.05) is 24.3 Å². The molecule has 0 amide bonds. The molecule has 0 aliphatic rings. The molecule has 0 heterocycles. The number of hydrogen-bond acceptors (Lipinski definition) is 6. The summed E-state index contributed by atoms with van der Waals surface area (Å²) in [7, 11) is -2.25. The molecule has 0 spiro atoms. The summed E-state index contributed by atoms with van der Waals surface area (Å²) >= 11 is 0. The summed E-state index contributed by atoms with van der Waals surface area (Å²) in [6.07, 6.45) is 0.993. The van der Waals surface area contributed by atoms with Crippen LogP contribution in [0.2, 0.25) is 0 Å². The topological polar surface area (TPSA) is 98.8 Å². The van der Waals surface area contributed by atoms with Gasteiger partial charge < -0.3 is 9.47 Å². The van der Waals surface area contributed by atoms with Crippen molar-refractivity contribution in [2.45, 2.75) is 6.61 Å². The van der Waals surface area contributed by atoms with Crippen molar-refractivity contribution in [1.82, 2.24) is 0 Å². The number of esters is 2. The van der Waals surface area contributed by atoms with Crippen molar-refractivity contribution >= 4 is 27.6 Å². The molecule has 0 radical (unpaired) electrons. The van der Waals surface area contributed by atoms with Crippen LogP contribution in [-0.4, -0.2) is 33.7 Å². The average Bonchev–Trinajstić information content (AvgIpc) is 2.58. The molecule has 2 aromatic carbocycles. The van der Waals surface area contributed by atoms with Gasteiger partial charge in [0.15, 0.2) is 0 Å². The first-order valence-electron chi connectivity index (χ1n) is 7.21. The van der Waals surface area contributed by atoms with Crippen molar-refractivity contribution in [3.8, 4) is 0 Å². The van der Waals surface area contributed by atoms with Crippen LogP contribution in [0.25, 0.3) is 0 Å². The third-order valence-corrected chi connectivity index (χ3v) is 3.75. The zero-order chi connectivity index (χ0) is 18.4. The first-order valence-corrected chi connectivity index (χ1v) is 9.10. The van der Waals surface area contributed by atoms with E-state index in [-0.39, 0.29) is 17.9 Å². The maximum atomic E-state index is 12.3. The Balaban J connectivity index is 2.12. The molecule has 132 valence electrons. The van der Waals surface area contributed by atoms with Crippen molar-refractivity contribution < 1.29 is 27.5 Å². The molecule has 0 saturated heterocycles. The van der Waals surface area contributed by atoms with Crippen LogP contribution in [0.4, 0.5) is 5.69 Å². The Kier molecular flexibility index (Phi) is 5.76. The van der Waals surface area contributed by atoms with Gasteiger partial charge in [0.05, 0.1) is 30.2 Å².